The Bertz CT molecular complexity index is 927. The molecule has 3 nitrogen and oxygen atoms in total. The molecule has 2 heterocycles. The van der Waals surface area contributed by atoms with Crippen molar-refractivity contribution in [2.75, 3.05) is 18.0 Å². The van der Waals surface area contributed by atoms with Gasteiger partial charge in [-0.25, -0.2) is 4.98 Å². The summed E-state index contributed by atoms with van der Waals surface area (Å²) in [6.45, 7) is 1.47. The molecule has 1 aliphatic heterocycles. The highest BCUT2D eigenvalue weighted by Crippen LogP contribution is 2.33. The Morgan fingerprint density at radius 3 is 2.39 bits per heavy atom. The molecule has 2 aromatic carbocycles. The molecule has 3 aromatic rings. The SMILES string of the molecule is FC(F)(F)c1ccc(O[C@@H]2CCN(c3ccccc3-c3ccccc3)C2)nc1. The van der Waals surface area contributed by atoms with Gasteiger partial charge in [0.2, 0.25) is 5.88 Å². The molecular weight excluding hydrogens is 365 g/mol. The monoisotopic (exact) mass is 384 g/mol. The van der Waals surface area contributed by atoms with Crippen molar-refractivity contribution < 1.29 is 17.9 Å². The smallest absolute Gasteiger partial charge is 0.417 e. The predicted molar refractivity (Wildman–Crippen MR) is 102 cm³/mol. The molecule has 1 aliphatic rings. The number of para-hydroxylation sites is 1. The number of aromatic nitrogens is 1. The number of alkyl halides is 3. The number of halogens is 3. The van der Waals surface area contributed by atoms with Gasteiger partial charge in [-0.15, -0.1) is 0 Å². The fraction of sp³-hybridized carbons (Fsp3) is 0.227. The summed E-state index contributed by atoms with van der Waals surface area (Å²) < 4.78 is 43.8. The minimum atomic E-state index is -4.39. The van der Waals surface area contributed by atoms with Crippen molar-refractivity contribution in [2.45, 2.75) is 18.7 Å². The number of nitrogens with zero attached hydrogens (tertiary/aromatic N) is 2. The van der Waals surface area contributed by atoms with E-state index in [-0.39, 0.29) is 12.0 Å². The van der Waals surface area contributed by atoms with Crippen LogP contribution in [0.15, 0.2) is 72.9 Å². The Balaban J connectivity index is 1.47. The molecule has 0 N–H and O–H groups in total. The van der Waals surface area contributed by atoms with Gasteiger partial charge in [-0.1, -0.05) is 48.5 Å². The summed E-state index contributed by atoms with van der Waals surface area (Å²) in [5.74, 6) is 0.219. The Hall–Kier alpha value is -3.02. The van der Waals surface area contributed by atoms with E-state index in [1.807, 2.05) is 30.3 Å². The minimum Gasteiger partial charge on any atom is -0.472 e. The molecule has 28 heavy (non-hydrogen) atoms. The van der Waals surface area contributed by atoms with Gasteiger partial charge >= 0.3 is 6.18 Å². The van der Waals surface area contributed by atoms with E-state index in [0.717, 1.165) is 42.0 Å². The maximum absolute atomic E-state index is 12.7. The van der Waals surface area contributed by atoms with Gasteiger partial charge in [-0.3, -0.25) is 0 Å². The largest absolute Gasteiger partial charge is 0.472 e. The van der Waals surface area contributed by atoms with E-state index in [1.54, 1.807) is 0 Å². The average Bonchev–Trinajstić information content (AvgIpc) is 3.17. The second-order valence-electron chi connectivity index (χ2n) is 6.74. The number of rotatable bonds is 4. The molecule has 0 radical (unpaired) electrons. The van der Waals surface area contributed by atoms with Gasteiger partial charge in [0.25, 0.3) is 0 Å². The highest BCUT2D eigenvalue weighted by atomic mass is 19.4. The van der Waals surface area contributed by atoms with Crippen LogP contribution in [0.3, 0.4) is 0 Å². The molecule has 0 aliphatic carbocycles. The summed E-state index contributed by atoms with van der Waals surface area (Å²) in [6.07, 6.45) is -2.91. The summed E-state index contributed by atoms with van der Waals surface area (Å²) in [7, 11) is 0. The molecule has 1 fully saturated rings. The topological polar surface area (TPSA) is 25.4 Å². The second-order valence-corrected chi connectivity index (χ2v) is 6.74. The number of anilines is 1. The zero-order valence-corrected chi connectivity index (χ0v) is 15.1. The highest BCUT2D eigenvalue weighted by Gasteiger charge is 2.31. The molecule has 0 amide bonds. The van der Waals surface area contributed by atoms with Gasteiger partial charge in [-0.05, 0) is 17.7 Å². The lowest BCUT2D eigenvalue weighted by Crippen LogP contribution is -2.25. The summed E-state index contributed by atoms with van der Waals surface area (Å²) in [5, 5.41) is 0. The van der Waals surface area contributed by atoms with E-state index in [4.69, 9.17) is 4.74 Å². The lowest BCUT2D eigenvalue weighted by atomic mass is 10.0. The van der Waals surface area contributed by atoms with Crippen molar-refractivity contribution in [3.8, 4) is 17.0 Å². The van der Waals surface area contributed by atoms with Crippen LogP contribution in [0.5, 0.6) is 5.88 Å². The fourth-order valence-electron chi connectivity index (χ4n) is 3.44. The van der Waals surface area contributed by atoms with Gasteiger partial charge in [0.05, 0.1) is 12.1 Å². The van der Waals surface area contributed by atoms with E-state index in [2.05, 4.69) is 34.1 Å². The Labute approximate surface area is 161 Å². The molecule has 0 bridgehead atoms. The van der Waals surface area contributed by atoms with Crippen molar-refractivity contribution in [3.63, 3.8) is 0 Å². The lowest BCUT2D eigenvalue weighted by Gasteiger charge is -2.22. The van der Waals surface area contributed by atoms with Crippen molar-refractivity contribution in [2.24, 2.45) is 0 Å². The molecule has 0 saturated carbocycles. The summed E-state index contributed by atoms with van der Waals surface area (Å²) in [4.78, 5) is 6.06. The van der Waals surface area contributed by atoms with Gasteiger partial charge in [0.15, 0.2) is 0 Å². The summed E-state index contributed by atoms with van der Waals surface area (Å²) in [5.41, 5.74) is 2.65. The van der Waals surface area contributed by atoms with Crippen LogP contribution in [0.25, 0.3) is 11.1 Å². The number of hydrogen-bond acceptors (Lipinski definition) is 3. The van der Waals surface area contributed by atoms with E-state index < -0.39 is 11.7 Å². The zero-order chi connectivity index (χ0) is 19.6. The van der Waals surface area contributed by atoms with E-state index in [9.17, 15) is 13.2 Å². The van der Waals surface area contributed by atoms with Gasteiger partial charge in [0.1, 0.15) is 6.10 Å². The first-order chi connectivity index (χ1) is 13.5. The minimum absolute atomic E-state index is 0.118. The van der Waals surface area contributed by atoms with Crippen LogP contribution >= 0.6 is 0 Å². The molecule has 0 unspecified atom stereocenters. The first-order valence-electron chi connectivity index (χ1n) is 9.10. The van der Waals surface area contributed by atoms with Crippen LogP contribution in [-0.2, 0) is 6.18 Å². The predicted octanol–water partition coefficient (Wildman–Crippen LogP) is 5.43. The average molecular weight is 384 g/mol. The quantitative estimate of drug-likeness (QED) is 0.600. The number of ether oxygens (including phenoxy) is 1. The van der Waals surface area contributed by atoms with Gasteiger partial charge in [0, 0.05) is 36.5 Å². The molecule has 1 aromatic heterocycles. The fourth-order valence-corrected chi connectivity index (χ4v) is 3.44. The van der Waals surface area contributed by atoms with E-state index >= 15 is 0 Å². The number of hydrogen-bond donors (Lipinski definition) is 0. The van der Waals surface area contributed by atoms with Crippen LogP contribution in [0.2, 0.25) is 0 Å². The van der Waals surface area contributed by atoms with Crippen molar-refractivity contribution in [1.82, 2.24) is 4.98 Å². The molecule has 0 spiro atoms. The van der Waals surface area contributed by atoms with Crippen LogP contribution in [0, 0.1) is 0 Å². The number of pyridine rings is 1. The Morgan fingerprint density at radius 1 is 0.929 bits per heavy atom. The van der Waals surface area contributed by atoms with Crippen molar-refractivity contribution >= 4 is 5.69 Å². The molecular formula is C22H19F3N2O. The third kappa shape index (κ3) is 3.96. The van der Waals surface area contributed by atoms with Crippen molar-refractivity contribution in [1.29, 1.82) is 0 Å². The first-order valence-corrected chi connectivity index (χ1v) is 9.10. The van der Waals surface area contributed by atoms with Crippen LogP contribution in [0.1, 0.15) is 12.0 Å². The normalized spacial score (nSPS) is 17.0. The number of benzene rings is 2. The molecule has 4 rings (SSSR count). The van der Waals surface area contributed by atoms with Crippen LogP contribution < -0.4 is 9.64 Å². The lowest BCUT2D eigenvalue weighted by molar-refractivity contribution is -0.137. The van der Waals surface area contributed by atoms with E-state index in [0.29, 0.717) is 6.54 Å². The molecule has 144 valence electrons. The van der Waals surface area contributed by atoms with Crippen LogP contribution in [0.4, 0.5) is 18.9 Å². The Morgan fingerprint density at radius 2 is 1.68 bits per heavy atom. The zero-order valence-electron chi connectivity index (χ0n) is 15.1. The third-order valence-corrected chi connectivity index (χ3v) is 4.83. The van der Waals surface area contributed by atoms with Gasteiger partial charge < -0.3 is 9.64 Å². The molecule has 1 atom stereocenters. The maximum atomic E-state index is 12.7. The summed E-state index contributed by atoms with van der Waals surface area (Å²) in [6, 6.07) is 20.7. The first kappa shape index (κ1) is 18.3. The standard InChI is InChI=1S/C22H19F3N2O/c23-22(24,25)17-10-11-21(26-14-17)28-18-12-13-27(15-18)20-9-5-4-8-19(20)16-6-2-1-3-7-16/h1-11,14,18H,12-13,15H2/t18-/m1/s1. The highest BCUT2D eigenvalue weighted by molar-refractivity contribution is 5.78. The molecule has 6 heteroatoms. The van der Waals surface area contributed by atoms with Crippen molar-refractivity contribution in [3.05, 3.63) is 78.5 Å². The van der Waals surface area contributed by atoms with Crippen LogP contribution in [-0.4, -0.2) is 24.2 Å². The second kappa shape index (κ2) is 7.54. The van der Waals surface area contributed by atoms with E-state index in [1.165, 1.54) is 6.07 Å². The maximum Gasteiger partial charge on any atom is 0.417 e. The Kier molecular flexibility index (Phi) is 4.94. The summed E-state index contributed by atoms with van der Waals surface area (Å²) >= 11 is 0. The van der Waals surface area contributed by atoms with Gasteiger partial charge in [-0.2, -0.15) is 13.2 Å². The third-order valence-electron chi connectivity index (χ3n) is 4.83. The molecule has 1 saturated heterocycles.